The lowest BCUT2D eigenvalue weighted by Gasteiger charge is -2.33. The third-order valence-corrected chi connectivity index (χ3v) is 4.12. The van der Waals surface area contributed by atoms with Crippen LogP contribution < -0.4 is 0 Å². The first-order chi connectivity index (χ1) is 11.1. The molecule has 1 N–H and O–H groups in total. The Balaban J connectivity index is 1.57. The standard InChI is InChI=1S/C16H19ClN4O2/c1-11-18-15(20-19-11)6-7-16(22)21-8-9-23-14(10-21)12-2-4-13(17)5-3-12/h2-5,14H,6-10H2,1H3,(H,18,19,20)/t14-/m1/s1. The number of nitrogens with one attached hydrogen (secondary N) is 1. The molecule has 6 nitrogen and oxygen atoms in total. The molecule has 0 radical (unpaired) electrons. The number of benzene rings is 1. The second-order valence-electron chi connectivity index (χ2n) is 5.59. The minimum atomic E-state index is -0.101. The molecule has 0 aliphatic carbocycles. The molecule has 1 atom stereocenters. The molecule has 1 fully saturated rings. The number of aromatic amines is 1. The summed E-state index contributed by atoms with van der Waals surface area (Å²) in [6, 6.07) is 7.56. The fourth-order valence-electron chi connectivity index (χ4n) is 2.63. The third-order valence-electron chi connectivity index (χ3n) is 3.87. The molecule has 3 rings (SSSR count). The fourth-order valence-corrected chi connectivity index (χ4v) is 2.76. The predicted octanol–water partition coefficient (Wildman–Crippen LogP) is 2.30. The van der Waals surface area contributed by atoms with E-state index in [0.717, 1.165) is 11.4 Å². The molecule has 0 saturated carbocycles. The lowest BCUT2D eigenvalue weighted by molar-refractivity contribution is -0.139. The van der Waals surface area contributed by atoms with Gasteiger partial charge in [0.15, 0.2) is 5.82 Å². The van der Waals surface area contributed by atoms with Crippen LogP contribution >= 0.6 is 11.6 Å². The van der Waals surface area contributed by atoms with Gasteiger partial charge in [-0.25, -0.2) is 4.98 Å². The lowest BCUT2D eigenvalue weighted by Crippen LogP contribution is -2.42. The van der Waals surface area contributed by atoms with Gasteiger partial charge in [-0.1, -0.05) is 23.7 Å². The van der Waals surface area contributed by atoms with E-state index in [1.54, 1.807) is 0 Å². The van der Waals surface area contributed by atoms with Crippen molar-refractivity contribution in [3.8, 4) is 0 Å². The lowest BCUT2D eigenvalue weighted by atomic mass is 10.1. The maximum absolute atomic E-state index is 12.4. The average Bonchev–Trinajstić information content (AvgIpc) is 2.99. The van der Waals surface area contributed by atoms with Crippen LogP contribution in [-0.4, -0.2) is 45.7 Å². The zero-order chi connectivity index (χ0) is 16.2. The minimum Gasteiger partial charge on any atom is -0.370 e. The SMILES string of the molecule is Cc1nc(CCC(=O)N2CCO[C@@H](c3ccc(Cl)cc3)C2)n[nH]1. The highest BCUT2D eigenvalue weighted by molar-refractivity contribution is 6.30. The van der Waals surface area contributed by atoms with E-state index in [2.05, 4.69) is 15.2 Å². The van der Waals surface area contributed by atoms with Gasteiger partial charge in [0.1, 0.15) is 11.9 Å². The van der Waals surface area contributed by atoms with Crippen molar-refractivity contribution in [2.75, 3.05) is 19.7 Å². The Morgan fingerprint density at radius 3 is 2.91 bits per heavy atom. The van der Waals surface area contributed by atoms with E-state index in [4.69, 9.17) is 16.3 Å². The number of hydrogen-bond acceptors (Lipinski definition) is 4. The van der Waals surface area contributed by atoms with Gasteiger partial charge >= 0.3 is 0 Å². The zero-order valence-electron chi connectivity index (χ0n) is 13.0. The molecule has 1 aliphatic rings. The summed E-state index contributed by atoms with van der Waals surface area (Å²) in [7, 11) is 0. The molecule has 7 heteroatoms. The average molecular weight is 335 g/mol. The van der Waals surface area contributed by atoms with E-state index in [1.165, 1.54) is 0 Å². The molecule has 2 heterocycles. The molecule has 23 heavy (non-hydrogen) atoms. The van der Waals surface area contributed by atoms with Crippen LogP contribution in [0.3, 0.4) is 0 Å². The van der Waals surface area contributed by atoms with Crippen LogP contribution in [0, 0.1) is 6.92 Å². The van der Waals surface area contributed by atoms with Crippen molar-refractivity contribution in [2.24, 2.45) is 0 Å². The maximum atomic E-state index is 12.4. The van der Waals surface area contributed by atoms with Gasteiger partial charge in [-0.2, -0.15) is 5.10 Å². The molecule has 2 aromatic rings. The van der Waals surface area contributed by atoms with Gasteiger partial charge in [0.2, 0.25) is 5.91 Å². The Kier molecular flexibility index (Phi) is 4.93. The first-order valence-corrected chi connectivity index (χ1v) is 8.02. The zero-order valence-corrected chi connectivity index (χ0v) is 13.7. The third kappa shape index (κ3) is 4.09. The second-order valence-corrected chi connectivity index (χ2v) is 6.02. The second kappa shape index (κ2) is 7.10. The van der Waals surface area contributed by atoms with Gasteiger partial charge in [-0.15, -0.1) is 0 Å². The Hall–Kier alpha value is -1.92. The number of carbonyl (C=O) groups is 1. The number of ether oxygens (including phenoxy) is 1. The fraction of sp³-hybridized carbons (Fsp3) is 0.438. The van der Waals surface area contributed by atoms with Gasteiger partial charge in [-0.3, -0.25) is 9.89 Å². The summed E-state index contributed by atoms with van der Waals surface area (Å²) in [6.45, 7) is 3.57. The van der Waals surface area contributed by atoms with E-state index >= 15 is 0 Å². The number of H-pyrrole nitrogens is 1. The normalized spacial score (nSPS) is 18.2. The number of amides is 1. The molecular formula is C16H19ClN4O2. The van der Waals surface area contributed by atoms with E-state index in [-0.39, 0.29) is 12.0 Å². The molecule has 0 spiro atoms. The molecular weight excluding hydrogens is 316 g/mol. The van der Waals surface area contributed by atoms with Gasteiger partial charge in [0, 0.05) is 24.4 Å². The summed E-state index contributed by atoms with van der Waals surface area (Å²) in [6.07, 6.45) is 0.854. The van der Waals surface area contributed by atoms with Gasteiger partial charge in [0.05, 0.1) is 13.2 Å². The maximum Gasteiger partial charge on any atom is 0.223 e. The number of carbonyl (C=O) groups excluding carboxylic acids is 1. The van der Waals surface area contributed by atoms with E-state index in [0.29, 0.717) is 43.4 Å². The van der Waals surface area contributed by atoms with E-state index in [1.807, 2.05) is 36.1 Å². The molecule has 1 saturated heterocycles. The van der Waals surface area contributed by atoms with Crippen LogP contribution in [0.5, 0.6) is 0 Å². The highest BCUT2D eigenvalue weighted by atomic mass is 35.5. The number of halogens is 1. The van der Waals surface area contributed by atoms with Gasteiger partial charge in [0.25, 0.3) is 0 Å². The Morgan fingerprint density at radius 2 is 2.22 bits per heavy atom. The smallest absolute Gasteiger partial charge is 0.223 e. The van der Waals surface area contributed by atoms with Crippen molar-refractivity contribution in [1.29, 1.82) is 0 Å². The summed E-state index contributed by atoms with van der Waals surface area (Å²) in [4.78, 5) is 18.5. The summed E-state index contributed by atoms with van der Waals surface area (Å²) in [5.74, 6) is 1.55. The number of aromatic nitrogens is 3. The number of nitrogens with zero attached hydrogens (tertiary/aromatic N) is 3. The van der Waals surface area contributed by atoms with Gasteiger partial charge in [-0.05, 0) is 24.6 Å². The van der Waals surface area contributed by atoms with Gasteiger partial charge < -0.3 is 9.64 Å². The molecule has 0 unspecified atom stereocenters. The topological polar surface area (TPSA) is 71.1 Å². The van der Waals surface area contributed by atoms with Crippen LogP contribution in [0.2, 0.25) is 5.02 Å². The van der Waals surface area contributed by atoms with E-state index in [9.17, 15) is 4.79 Å². The highest BCUT2D eigenvalue weighted by Gasteiger charge is 2.25. The Bertz CT molecular complexity index is 671. The van der Waals surface area contributed by atoms with Crippen LogP contribution in [0.4, 0.5) is 0 Å². The van der Waals surface area contributed by atoms with Crippen molar-refractivity contribution in [3.05, 3.63) is 46.5 Å². The van der Waals surface area contributed by atoms with Crippen molar-refractivity contribution in [1.82, 2.24) is 20.1 Å². The summed E-state index contributed by atoms with van der Waals surface area (Å²) >= 11 is 5.91. The number of rotatable bonds is 4. The largest absolute Gasteiger partial charge is 0.370 e. The first-order valence-electron chi connectivity index (χ1n) is 7.64. The predicted molar refractivity (Wildman–Crippen MR) is 86.2 cm³/mol. The summed E-state index contributed by atoms with van der Waals surface area (Å²) in [5.41, 5.74) is 1.04. The number of morpholine rings is 1. The number of aryl methyl sites for hydroxylation is 2. The van der Waals surface area contributed by atoms with Crippen LogP contribution in [0.15, 0.2) is 24.3 Å². The molecule has 1 aromatic heterocycles. The van der Waals surface area contributed by atoms with Crippen LogP contribution in [0.1, 0.15) is 29.7 Å². The van der Waals surface area contributed by atoms with Crippen molar-refractivity contribution >= 4 is 17.5 Å². The molecule has 1 aromatic carbocycles. The summed E-state index contributed by atoms with van der Waals surface area (Å²) < 4.78 is 5.78. The summed E-state index contributed by atoms with van der Waals surface area (Å²) in [5, 5.41) is 7.54. The Morgan fingerprint density at radius 1 is 1.43 bits per heavy atom. The molecule has 1 aliphatic heterocycles. The van der Waals surface area contributed by atoms with Crippen molar-refractivity contribution < 1.29 is 9.53 Å². The number of hydrogen-bond donors (Lipinski definition) is 1. The Labute approximate surface area is 139 Å². The van der Waals surface area contributed by atoms with Crippen LogP contribution in [-0.2, 0) is 16.0 Å². The van der Waals surface area contributed by atoms with Crippen molar-refractivity contribution in [2.45, 2.75) is 25.9 Å². The first kappa shape index (κ1) is 16.0. The molecule has 122 valence electrons. The monoisotopic (exact) mass is 334 g/mol. The minimum absolute atomic E-state index is 0.101. The molecule has 0 bridgehead atoms. The highest BCUT2D eigenvalue weighted by Crippen LogP contribution is 2.24. The van der Waals surface area contributed by atoms with E-state index < -0.39 is 0 Å². The van der Waals surface area contributed by atoms with Crippen LogP contribution in [0.25, 0.3) is 0 Å². The quantitative estimate of drug-likeness (QED) is 0.931. The van der Waals surface area contributed by atoms with Crippen molar-refractivity contribution in [3.63, 3.8) is 0 Å². The molecule has 1 amide bonds.